The number of carbonyl (C=O) groups excluding carboxylic acids is 3. The lowest BCUT2D eigenvalue weighted by Gasteiger charge is -2.31. The summed E-state index contributed by atoms with van der Waals surface area (Å²) >= 11 is 6.17. The molecular weight excluding hydrogens is 608 g/mol. The number of benzene rings is 2. The minimum Gasteiger partial charge on any atom is -0.444 e. The van der Waals surface area contributed by atoms with Crippen LogP contribution >= 0.6 is 11.6 Å². The zero-order valence-corrected chi connectivity index (χ0v) is 27.2. The van der Waals surface area contributed by atoms with Crippen molar-refractivity contribution in [3.63, 3.8) is 0 Å². The molecule has 1 aromatic heterocycles. The van der Waals surface area contributed by atoms with Crippen molar-refractivity contribution >= 4 is 56.3 Å². The summed E-state index contributed by atoms with van der Waals surface area (Å²) in [6, 6.07) is 10.6. The van der Waals surface area contributed by atoms with Gasteiger partial charge in [0.2, 0.25) is 5.91 Å². The Bertz CT molecular complexity index is 1750. The van der Waals surface area contributed by atoms with Crippen molar-refractivity contribution in [1.82, 2.24) is 14.2 Å². The molecular formula is C31H37ClN4O7S. The summed E-state index contributed by atoms with van der Waals surface area (Å²) < 4.78 is 41.9. The number of carbonyl (C=O) groups is 3. The first-order chi connectivity index (χ1) is 20.4. The van der Waals surface area contributed by atoms with E-state index in [0.717, 1.165) is 15.7 Å². The predicted octanol–water partition coefficient (Wildman–Crippen LogP) is 5.45. The lowest BCUT2D eigenvalue weighted by atomic mass is 9.99. The van der Waals surface area contributed by atoms with Crippen LogP contribution in [0, 0.1) is 0 Å². The minimum absolute atomic E-state index is 0.236. The predicted molar refractivity (Wildman–Crippen MR) is 166 cm³/mol. The fraction of sp³-hybridized carbons (Fsp3) is 0.452. The second-order valence-corrected chi connectivity index (χ2v) is 15.2. The maximum atomic E-state index is 13.7. The van der Waals surface area contributed by atoms with Crippen LogP contribution in [0.2, 0.25) is 5.02 Å². The molecule has 0 saturated carbocycles. The summed E-state index contributed by atoms with van der Waals surface area (Å²) in [6.07, 6.45) is -0.417. The normalized spacial score (nSPS) is 17.6. The van der Waals surface area contributed by atoms with E-state index in [0.29, 0.717) is 42.2 Å². The second kappa shape index (κ2) is 11.4. The Kier molecular flexibility index (Phi) is 8.23. The summed E-state index contributed by atoms with van der Waals surface area (Å²) in [5.41, 5.74) is 1.43. The number of hydrogen-bond donors (Lipinski definition) is 1. The van der Waals surface area contributed by atoms with E-state index in [1.165, 1.54) is 12.1 Å². The molecule has 0 spiro atoms. The highest BCUT2D eigenvalue weighted by molar-refractivity contribution is 7.89. The number of nitrogens with one attached hydrogen (secondary N) is 1. The van der Waals surface area contributed by atoms with Gasteiger partial charge in [-0.3, -0.25) is 4.79 Å². The maximum absolute atomic E-state index is 13.7. The molecule has 0 unspecified atom stereocenters. The number of halogens is 1. The lowest BCUT2D eigenvalue weighted by molar-refractivity contribution is -0.118. The van der Waals surface area contributed by atoms with Crippen LogP contribution in [0.3, 0.4) is 0 Å². The summed E-state index contributed by atoms with van der Waals surface area (Å²) in [6.45, 7) is 11.7. The molecule has 2 aromatic carbocycles. The number of ether oxygens (including phenoxy) is 2. The van der Waals surface area contributed by atoms with E-state index in [9.17, 15) is 22.8 Å². The average Bonchev–Trinajstić information content (AvgIpc) is 3.46. The first kappa shape index (κ1) is 31.8. The number of fused-ring (bicyclic) bond motifs is 2. The van der Waals surface area contributed by atoms with Gasteiger partial charge in [-0.2, -0.15) is 4.72 Å². The van der Waals surface area contributed by atoms with E-state index in [-0.39, 0.29) is 23.1 Å². The number of anilines is 1. The van der Waals surface area contributed by atoms with Crippen molar-refractivity contribution in [3.8, 4) is 0 Å². The zero-order chi connectivity index (χ0) is 32.2. The third kappa shape index (κ3) is 6.72. The van der Waals surface area contributed by atoms with Gasteiger partial charge < -0.3 is 19.3 Å². The number of rotatable bonds is 4. The van der Waals surface area contributed by atoms with Gasteiger partial charge in [-0.25, -0.2) is 22.6 Å². The average molecular weight is 645 g/mol. The van der Waals surface area contributed by atoms with Crippen LogP contribution in [0.15, 0.2) is 47.5 Å². The highest BCUT2D eigenvalue weighted by Crippen LogP contribution is 2.31. The van der Waals surface area contributed by atoms with Crippen LogP contribution in [0.5, 0.6) is 0 Å². The third-order valence-corrected chi connectivity index (χ3v) is 8.93. The molecule has 1 saturated heterocycles. The topological polar surface area (TPSA) is 127 Å². The Labute approximate surface area is 262 Å². The first-order valence-corrected chi connectivity index (χ1v) is 16.3. The van der Waals surface area contributed by atoms with Crippen LogP contribution in [0.1, 0.15) is 59.1 Å². The van der Waals surface area contributed by atoms with E-state index in [4.69, 9.17) is 21.1 Å². The summed E-state index contributed by atoms with van der Waals surface area (Å²) in [5.74, 6) is -0.400. The molecule has 1 atom stereocenters. The van der Waals surface area contributed by atoms with Gasteiger partial charge in [-0.1, -0.05) is 23.7 Å². The Morgan fingerprint density at radius 2 is 1.59 bits per heavy atom. The van der Waals surface area contributed by atoms with E-state index >= 15 is 0 Å². The van der Waals surface area contributed by atoms with Crippen LogP contribution < -0.4 is 9.62 Å². The highest BCUT2D eigenvalue weighted by Gasteiger charge is 2.38. The third-order valence-electron chi connectivity index (χ3n) is 7.25. The first-order valence-electron chi connectivity index (χ1n) is 14.4. The maximum Gasteiger partial charge on any atom is 0.420 e. The Balaban J connectivity index is 1.35. The van der Waals surface area contributed by atoms with E-state index in [2.05, 4.69) is 4.72 Å². The molecule has 236 valence electrons. The molecule has 3 heterocycles. The molecule has 1 fully saturated rings. The molecule has 2 aliphatic heterocycles. The monoisotopic (exact) mass is 644 g/mol. The lowest BCUT2D eigenvalue weighted by Crippen LogP contribution is -2.42. The zero-order valence-electron chi connectivity index (χ0n) is 25.6. The fourth-order valence-electron chi connectivity index (χ4n) is 5.33. The number of aromatic nitrogens is 1. The summed E-state index contributed by atoms with van der Waals surface area (Å²) in [4.78, 5) is 42.4. The van der Waals surface area contributed by atoms with E-state index in [1.54, 1.807) is 48.8 Å². The number of hydrogen-bond acceptors (Lipinski definition) is 7. The summed E-state index contributed by atoms with van der Waals surface area (Å²) in [5, 5.41) is 0.444. The van der Waals surface area contributed by atoms with Gasteiger partial charge >= 0.3 is 12.2 Å². The standard InChI is InChI=1S/C31H37ClN4O7S/c1-30(2,3)42-28(38)34-13-11-19-15-23(10-8-21(19)18-34)35-14-12-24(27(35)37)33-44(40,41)26-16-20-7-9-22(32)17-25(20)36(26)29(39)43-31(4,5)6/h7-10,15-17,24,33H,11-14,18H2,1-6H3/t24-/m0/s1. The Morgan fingerprint density at radius 1 is 0.909 bits per heavy atom. The number of sulfonamides is 1. The quantitative estimate of drug-likeness (QED) is 0.400. The van der Waals surface area contributed by atoms with Gasteiger partial charge in [0.05, 0.1) is 5.52 Å². The van der Waals surface area contributed by atoms with Crippen LogP contribution in [0.25, 0.3) is 10.9 Å². The van der Waals surface area contributed by atoms with Crippen molar-refractivity contribution in [2.45, 2.75) is 83.2 Å². The van der Waals surface area contributed by atoms with Crippen molar-refractivity contribution < 1.29 is 32.3 Å². The highest BCUT2D eigenvalue weighted by atomic mass is 35.5. The van der Waals surface area contributed by atoms with Gasteiger partial charge in [0.25, 0.3) is 10.0 Å². The molecule has 0 radical (unpaired) electrons. The summed E-state index contributed by atoms with van der Waals surface area (Å²) in [7, 11) is -4.36. The van der Waals surface area contributed by atoms with Gasteiger partial charge in [-0.15, -0.1) is 0 Å². The van der Waals surface area contributed by atoms with Crippen molar-refractivity contribution in [2.75, 3.05) is 18.0 Å². The van der Waals surface area contributed by atoms with Gasteiger partial charge in [0.1, 0.15) is 17.2 Å². The van der Waals surface area contributed by atoms with Crippen LogP contribution in [-0.4, -0.2) is 66.3 Å². The molecule has 44 heavy (non-hydrogen) atoms. The SMILES string of the molecule is CC(C)(C)OC(=O)N1CCc2cc(N3CC[C@H](NS(=O)(=O)c4cc5ccc(Cl)cc5n4C(=O)OC(C)(C)C)C3=O)ccc2C1. The number of amides is 2. The molecule has 13 heteroatoms. The van der Waals surface area contributed by atoms with E-state index < -0.39 is 39.3 Å². The largest absolute Gasteiger partial charge is 0.444 e. The molecule has 0 aliphatic carbocycles. The van der Waals surface area contributed by atoms with Gasteiger partial charge in [0.15, 0.2) is 5.03 Å². The second-order valence-electron chi connectivity index (χ2n) is 13.1. The van der Waals surface area contributed by atoms with Crippen LogP contribution in [0.4, 0.5) is 15.3 Å². The molecule has 1 N–H and O–H groups in total. The van der Waals surface area contributed by atoms with Crippen molar-refractivity contribution in [3.05, 3.63) is 58.6 Å². The minimum atomic E-state index is -4.36. The Morgan fingerprint density at radius 3 is 2.27 bits per heavy atom. The molecule has 11 nitrogen and oxygen atoms in total. The molecule has 3 aromatic rings. The molecule has 0 bridgehead atoms. The van der Waals surface area contributed by atoms with Gasteiger partial charge in [0, 0.05) is 35.7 Å². The van der Waals surface area contributed by atoms with Crippen molar-refractivity contribution in [1.29, 1.82) is 0 Å². The molecule has 2 amide bonds. The Hall–Kier alpha value is -3.61. The smallest absolute Gasteiger partial charge is 0.420 e. The molecule has 2 aliphatic rings. The van der Waals surface area contributed by atoms with Crippen LogP contribution in [-0.2, 0) is 37.3 Å². The fourth-order valence-corrected chi connectivity index (χ4v) is 6.90. The van der Waals surface area contributed by atoms with E-state index in [1.807, 2.05) is 32.9 Å². The van der Waals surface area contributed by atoms with Gasteiger partial charge in [-0.05, 0) is 95.8 Å². The molecule has 5 rings (SSSR count). The number of nitrogens with zero attached hydrogens (tertiary/aromatic N) is 3. The van der Waals surface area contributed by atoms with Crippen molar-refractivity contribution in [2.24, 2.45) is 0 Å².